The van der Waals surface area contributed by atoms with E-state index in [1.165, 1.54) is 0 Å². The third-order valence-electron chi connectivity index (χ3n) is 3.20. The predicted octanol–water partition coefficient (Wildman–Crippen LogP) is 2.95. The van der Waals surface area contributed by atoms with Crippen molar-refractivity contribution < 1.29 is 13.8 Å². The van der Waals surface area contributed by atoms with Crippen molar-refractivity contribution in [1.29, 1.82) is 0 Å². The van der Waals surface area contributed by atoms with Crippen LogP contribution in [0.25, 0.3) is 0 Å². The Morgan fingerprint density at radius 2 is 1.75 bits per heavy atom. The molecule has 0 unspecified atom stereocenters. The van der Waals surface area contributed by atoms with Crippen molar-refractivity contribution in [3.05, 3.63) is 58.6 Å². The number of hydrogen-bond acceptors (Lipinski definition) is 3. The fraction of sp³-hybridized carbons (Fsp3) is 0.176. The van der Waals surface area contributed by atoms with Crippen molar-refractivity contribution in [3.63, 3.8) is 0 Å². The van der Waals surface area contributed by atoms with E-state index in [4.69, 9.17) is 0 Å². The standard InChI is InChI=1S/C17H17BrN2O3S/c1-2-24(23)15-10-6-3-7-12(15)17(22)19-11-16(21)20-14-9-5-4-8-13(14)18/h3-10H,2,11H2,1H3,(H,19,22)(H,20,21)/t24-/m0/s1. The molecule has 0 aliphatic carbocycles. The van der Waals surface area contributed by atoms with Crippen LogP contribution in [0, 0.1) is 0 Å². The Morgan fingerprint density at radius 3 is 2.46 bits per heavy atom. The van der Waals surface area contributed by atoms with E-state index in [0.717, 1.165) is 4.47 Å². The molecule has 0 radical (unpaired) electrons. The van der Waals surface area contributed by atoms with Crippen LogP contribution in [0.2, 0.25) is 0 Å². The van der Waals surface area contributed by atoms with Crippen molar-refractivity contribution in [2.75, 3.05) is 17.6 Å². The molecule has 2 aromatic rings. The second-order valence-electron chi connectivity index (χ2n) is 4.84. The number of carbonyl (C=O) groups is 2. The summed E-state index contributed by atoms with van der Waals surface area (Å²) >= 11 is 3.34. The first kappa shape index (κ1) is 18.4. The van der Waals surface area contributed by atoms with Crippen LogP contribution < -0.4 is 10.6 Å². The Bertz CT molecular complexity index is 780. The monoisotopic (exact) mass is 408 g/mol. The molecule has 0 aliphatic rings. The van der Waals surface area contributed by atoms with Gasteiger partial charge in [0.05, 0.1) is 33.5 Å². The predicted molar refractivity (Wildman–Crippen MR) is 98.5 cm³/mol. The van der Waals surface area contributed by atoms with Crippen LogP contribution in [-0.2, 0) is 15.6 Å². The maximum atomic E-state index is 12.3. The Balaban J connectivity index is 2.00. The SMILES string of the molecule is CC[S@](=O)c1ccccc1C(=O)NCC(=O)Nc1ccccc1Br. The van der Waals surface area contributed by atoms with Gasteiger partial charge in [0, 0.05) is 10.2 Å². The van der Waals surface area contributed by atoms with Gasteiger partial charge in [-0.25, -0.2) is 0 Å². The first-order valence-corrected chi connectivity index (χ1v) is 9.44. The summed E-state index contributed by atoms with van der Waals surface area (Å²) in [5, 5.41) is 5.26. The molecule has 0 heterocycles. The van der Waals surface area contributed by atoms with Crippen LogP contribution in [0.3, 0.4) is 0 Å². The molecule has 126 valence electrons. The largest absolute Gasteiger partial charge is 0.343 e. The van der Waals surface area contributed by atoms with Gasteiger partial charge >= 0.3 is 0 Å². The molecule has 0 fully saturated rings. The first-order chi connectivity index (χ1) is 11.5. The van der Waals surface area contributed by atoms with E-state index >= 15 is 0 Å². The highest BCUT2D eigenvalue weighted by Crippen LogP contribution is 2.20. The Labute approximate surface area is 151 Å². The average molecular weight is 409 g/mol. The number of anilines is 1. The van der Waals surface area contributed by atoms with Crippen LogP contribution in [0.5, 0.6) is 0 Å². The number of nitrogens with one attached hydrogen (secondary N) is 2. The summed E-state index contributed by atoms with van der Waals surface area (Å²) in [6.07, 6.45) is 0. The lowest BCUT2D eigenvalue weighted by atomic mass is 10.2. The lowest BCUT2D eigenvalue weighted by Crippen LogP contribution is -2.33. The molecule has 0 aliphatic heterocycles. The van der Waals surface area contributed by atoms with Gasteiger partial charge in [0.1, 0.15) is 0 Å². The molecule has 0 saturated heterocycles. The minimum absolute atomic E-state index is 0.173. The molecule has 0 saturated carbocycles. The minimum atomic E-state index is -1.24. The van der Waals surface area contributed by atoms with Crippen molar-refractivity contribution in [2.45, 2.75) is 11.8 Å². The Morgan fingerprint density at radius 1 is 1.08 bits per heavy atom. The van der Waals surface area contributed by atoms with Gasteiger partial charge in [-0.15, -0.1) is 0 Å². The summed E-state index contributed by atoms with van der Waals surface area (Å²) in [5.74, 6) is -0.341. The molecule has 5 nitrogen and oxygen atoms in total. The molecule has 2 amide bonds. The Kier molecular flexibility index (Phi) is 6.69. The van der Waals surface area contributed by atoms with Crippen LogP contribution in [0.1, 0.15) is 17.3 Å². The fourth-order valence-electron chi connectivity index (χ4n) is 2.02. The zero-order valence-corrected chi connectivity index (χ0v) is 15.4. The van der Waals surface area contributed by atoms with Crippen molar-refractivity contribution in [2.24, 2.45) is 0 Å². The number of benzene rings is 2. The highest BCUT2D eigenvalue weighted by Gasteiger charge is 2.15. The van der Waals surface area contributed by atoms with E-state index in [1.807, 2.05) is 12.1 Å². The normalized spacial score (nSPS) is 11.6. The van der Waals surface area contributed by atoms with E-state index in [-0.39, 0.29) is 12.5 Å². The average Bonchev–Trinajstić information content (AvgIpc) is 2.61. The molecular formula is C17H17BrN2O3S. The van der Waals surface area contributed by atoms with E-state index in [9.17, 15) is 13.8 Å². The van der Waals surface area contributed by atoms with Gasteiger partial charge in [-0.1, -0.05) is 31.2 Å². The maximum Gasteiger partial charge on any atom is 0.252 e. The quantitative estimate of drug-likeness (QED) is 0.771. The molecule has 7 heteroatoms. The van der Waals surface area contributed by atoms with Gasteiger partial charge in [-0.3, -0.25) is 13.8 Å². The van der Waals surface area contributed by atoms with Gasteiger partial charge in [0.15, 0.2) is 0 Å². The first-order valence-electron chi connectivity index (χ1n) is 7.33. The third-order valence-corrected chi connectivity index (χ3v) is 5.26. The second-order valence-corrected chi connectivity index (χ2v) is 7.40. The van der Waals surface area contributed by atoms with Crippen LogP contribution in [0.15, 0.2) is 57.9 Å². The smallest absolute Gasteiger partial charge is 0.252 e. The molecule has 0 aromatic heterocycles. The Hall–Kier alpha value is -1.99. The zero-order valence-electron chi connectivity index (χ0n) is 13.0. The third kappa shape index (κ3) is 4.75. The molecule has 2 N–H and O–H groups in total. The van der Waals surface area contributed by atoms with E-state index in [1.54, 1.807) is 43.3 Å². The van der Waals surface area contributed by atoms with Crippen LogP contribution in [0.4, 0.5) is 5.69 Å². The number of halogens is 1. The number of para-hydroxylation sites is 1. The lowest BCUT2D eigenvalue weighted by Gasteiger charge is -2.10. The van der Waals surface area contributed by atoms with Gasteiger partial charge in [0.25, 0.3) is 5.91 Å². The number of rotatable bonds is 6. The molecule has 0 bridgehead atoms. The van der Waals surface area contributed by atoms with E-state index < -0.39 is 16.7 Å². The molecule has 0 spiro atoms. The minimum Gasteiger partial charge on any atom is -0.343 e. The van der Waals surface area contributed by atoms with Gasteiger partial charge in [0.2, 0.25) is 5.91 Å². The molecule has 24 heavy (non-hydrogen) atoms. The highest BCUT2D eigenvalue weighted by atomic mass is 79.9. The molecule has 2 aromatic carbocycles. The summed E-state index contributed by atoms with van der Waals surface area (Å²) in [5.41, 5.74) is 0.954. The summed E-state index contributed by atoms with van der Waals surface area (Å²) < 4.78 is 12.8. The highest BCUT2D eigenvalue weighted by molar-refractivity contribution is 9.10. The van der Waals surface area contributed by atoms with Crippen LogP contribution >= 0.6 is 15.9 Å². The summed E-state index contributed by atoms with van der Waals surface area (Å²) in [4.78, 5) is 24.7. The molecule has 1 atom stereocenters. The number of carbonyl (C=O) groups excluding carboxylic acids is 2. The zero-order chi connectivity index (χ0) is 17.5. The van der Waals surface area contributed by atoms with E-state index in [0.29, 0.717) is 21.9 Å². The van der Waals surface area contributed by atoms with E-state index in [2.05, 4.69) is 26.6 Å². The van der Waals surface area contributed by atoms with Crippen molar-refractivity contribution in [3.8, 4) is 0 Å². The second kappa shape index (κ2) is 8.75. The molecule has 2 rings (SSSR count). The van der Waals surface area contributed by atoms with Crippen molar-refractivity contribution >= 4 is 44.2 Å². The van der Waals surface area contributed by atoms with Crippen molar-refractivity contribution in [1.82, 2.24) is 5.32 Å². The van der Waals surface area contributed by atoms with Crippen LogP contribution in [-0.4, -0.2) is 28.3 Å². The topological polar surface area (TPSA) is 75.3 Å². The van der Waals surface area contributed by atoms with Gasteiger partial charge in [-0.2, -0.15) is 0 Å². The lowest BCUT2D eigenvalue weighted by molar-refractivity contribution is -0.115. The van der Waals surface area contributed by atoms with Gasteiger partial charge < -0.3 is 10.6 Å². The maximum absolute atomic E-state index is 12.3. The number of amides is 2. The summed E-state index contributed by atoms with van der Waals surface area (Å²) in [7, 11) is -1.24. The van der Waals surface area contributed by atoms with Gasteiger partial charge in [-0.05, 0) is 40.2 Å². The summed E-state index contributed by atoms with van der Waals surface area (Å²) in [6, 6.07) is 13.9. The fourth-order valence-corrected chi connectivity index (χ4v) is 3.35. The summed E-state index contributed by atoms with van der Waals surface area (Å²) in [6.45, 7) is 1.61. The number of hydrogen-bond donors (Lipinski definition) is 2. The molecular weight excluding hydrogens is 392 g/mol.